The van der Waals surface area contributed by atoms with Crippen molar-refractivity contribution in [1.82, 2.24) is 15.0 Å². The lowest BCUT2D eigenvalue weighted by molar-refractivity contribution is 0.670. The van der Waals surface area contributed by atoms with Crippen LogP contribution in [0.15, 0.2) is 42.5 Å². The van der Waals surface area contributed by atoms with Crippen LogP contribution in [0, 0.1) is 0 Å². The topological polar surface area (TPSA) is 56.7 Å². The maximum absolute atomic E-state index is 6.16. The zero-order valence-corrected chi connectivity index (χ0v) is 10.3. The molecule has 2 N–H and O–H groups in total. The number of para-hydroxylation sites is 1. The Morgan fingerprint density at radius 2 is 2.00 bits per heavy atom. The van der Waals surface area contributed by atoms with Crippen molar-refractivity contribution < 1.29 is 0 Å². The largest absolute Gasteiger partial charge is 0.399 e. The van der Waals surface area contributed by atoms with E-state index in [1.165, 1.54) is 0 Å². The number of fused-ring (bicyclic) bond motifs is 1. The van der Waals surface area contributed by atoms with Gasteiger partial charge in [0.2, 0.25) is 0 Å². The Morgan fingerprint density at radius 1 is 1.17 bits per heavy atom. The first-order valence-corrected chi connectivity index (χ1v) is 5.94. The molecule has 5 heteroatoms. The van der Waals surface area contributed by atoms with E-state index in [9.17, 15) is 0 Å². The van der Waals surface area contributed by atoms with Crippen LogP contribution in [0.5, 0.6) is 0 Å². The smallest absolute Gasteiger partial charge is 0.113 e. The molecular formula is C13H11ClN4. The molecule has 0 saturated carbocycles. The SMILES string of the molecule is Nc1ccc(Cn2nnc3ccccc32)c(Cl)c1. The van der Waals surface area contributed by atoms with Crippen LogP contribution < -0.4 is 5.73 Å². The first kappa shape index (κ1) is 11.0. The molecule has 3 aromatic rings. The first-order valence-electron chi connectivity index (χ1n) is 5.56. The Bertz CT molecular complexity index is 705. The van der Waals surface area contributed by atoms with Gasteiger partial charge in [0, 0.05) is 10.7 Å². The Kier molecular flexibility index (Phi) is 2.64. The van der Waals surface area contributed by atoms with Crippen LogP contribution in [0.3, 0.4) is 0 Å². The fourth-order valence-corrected chi connectivity index (χ4v) is 2.14. The van der Waals surface area contributed by atoms with Crippen LogP contribution in [0.1, 0.15) is 5.56 Å². The molecule has 0 aliphatic rings. The molecule has 0 amide bonds. The van der Waals surface area contributed by atoms with Gasteiger partial charge in [-0.3, -0.25) is 0 Å². The maximum Gasteiger partial charge on any atom is 0.113 e. The average Bonchev–Trinajstić information content (AvgIpc) is 2.76. The summed E-state index contributed by atoms with van der Waals surface area (Å²) in [4.78, 5) is 0. The summed E-state index contributed by atoms with van der Waals surface area (Å²) in [5, 5.41) is 8.89. The molecule has 0 aliphatic heterocycles. The van der Waals surface area contributed by atoms with E-state index >= 15 is 0 Å². The van der Waals surface area contributed by atoms with Crippen LogP contribution in [-0.2, 0) is 6.54 Å². The highest BCUT2D eigenvalue weighted by Crippen LogP contribution is 2.21. The van der Waals surface area contributed by atoms with E-state index in [0.717, 1.165) is 16.6 Å². The van der Waals surface area contributed by atoms with E-state index in [4.69, 9.17) is 17.3 Å². The zero-order chi connectivity index (χ0) is 12.5. The summed E-state index contributed by atoms with van der Waals surface area (Å²) in [6.07, 6.45) is 0. The first-order chi connectivity index (χ1) is 8.74. The molecule has 0 aliphatic carbocycles. The molecule has 0 fully saturated rings. The van der Waals surface area contributed by atoms with Gasteiger partial charge >= 0.3 is 0 Å². The highest BCUT2D eigenvalue weighted by Gasteiger charge is 2.06. The number of hydrogen-bond acceptors (Lipinski definition) is 3. The molecule has 0 radical (unpaired) electrons. The van der Waals surface area contributed by atoms with Crippen LogP contribution in [0.25, 0.3) is 11.0 Å². The zero-order valence-electron chi connectivity index (χ0n) is 9.55. The molecule has 0 spiro atoms. The molecule has 0 unspecified atom stereocenters. The minimum Gasteiger partial charge on any atom is -0.399 e. The monoisotopic (exact) mass is 258 g/mol. The lowest BCUT2D eigenvalue weighted by Gasteiger charge is -2.05. The lowest BCUT2D eigenvalue weighted by atomic mass is 10.2. The molecule has 3 rings (SSSR count). The van der Waals surface area contributed by atoms with Crippen molar-refractivity contribution in [3.63, 3.8) is 0 Å². The maximum atomic E-state index is 6.16. The van der Waals surface area contributed by atoms with Gasteiger partial charge in [-0.05, 0) is 29.8 Å². The van der Waals surface area contributed by atoms with Gasteiger partial charge < -0.3 is 5.73 Å². The van der Waals surface area contributed by atoms with Crippen molar-refractivity contribution in [2.75, 3.05) is 5.73 Å². The summed E-state index contributed by atoms with van der Waals surface area (Å²) < 4.78 is 1.83. The molecule has 0 atom stereocenters. The number of nitrogens with two attached hydrogens (primary N) is 1. The summed E-state index contributed by atoms with van der Waals surface area (Å²) in [5.41, 5.74) is 9.18. The van der Waals surface area contributed by atoms with E-state index in [-0.39, 0.29) is 0 Å². The van der Waals surface area contributed by atoms with Crippen molar-refractivity contribution >= 4 is 28.3 Å². The van der Waals surface area contributed by atoms with Crippen molar-refractivity contribution in [3.8, 4) is 0 Å². The van der Waals surface area contributed by atoms with Gasteiger partial charge in [-0.1, -0.05) is 35.0 Å². The minimum atomic E-state index is 0.583. The molecule has 1 aromatic heterocycles. The highest BCUT2D eigenvalue weighted by atomic mass is 35.5. The second-order valence-corrected chi connectivity index (χ2v) is 4.49. The Morgan fingerprint density at radius 3 is 2.83 bits per heavy atom. The van der Waals surface area contributed by atoms with Gasteiger partial charge in [0.25, 0.3) is 0 Å². The minimum absolute atomic E-state index is 0.583. The van der Waals surface area contributed by atoms with E-state index in [1.54, 1.807) is 6.07 Å². The molecule has 2 aromatic carbocycles. The van der Waals surface area contributed by atoms with Gasteiger partial charge in [0.1, 0.15) is 5.52 Å². The summed E-state index contributed by atoms with van der Waals surface area (Å²) >= 11 is 6.16. The van der Waals surface area contributed by atoms with Crippen molar-refractivity contribution in [1.29, 1.82) is 0 Å². The van der Waals surface area contributed by atoms with Crippen molar-refractivity contribution in [2.45, 2.75) is 6.54 Å². The second kappa shape index (κ2) is 4.31. The molecule has 0 saturated heterocycles. The normalized spacial score (nSPS) is 10.9. The lowest BCUT2D eigenvalue weighted by Crippen LogP contribution is -2.02. The number of benzene rings is 2. The predicted octanol–water partition coefficient (Wildman–Crippen LogP) is 2.72. The molecule has 90 valence electrons. The van der Waals surface area contributed by atoms with Crippen LogP contribution in [0.4, 0.5) is 5.69 Å². The Hall–Kier alpha value is -2.07. The number of aromatic nitrogens is 3. The fourth-order valence-electron chi connectivity index (χ4n) is 1.89. The number of nitrogens with zero attached hydrogens (tertiary/aromatic N) is 3. The van der Waals surface area contributed by atoms with Crippen molar-refractivity contribution in [2.24, 2.45) is 0 Å². The molecular weight excluding hydrogens is 248 g/mol. The molecule has 18 heavy (non-hydrogen) atoms. The third kappa shape index (κ3) is 1.91. The van der Waals surface area contributed by atoms with Crippen molar-refractivity contribution in [3.05, 3.63) is 53.1 Å². The summed E-state index contributed by atoms with van der Waals surface area (Å²) in [7, 11) is 0. The number of halogens is 1. The van der Waals surface area contributed by atoms with Gasteiger partial charge in [0.05, 0.1) is 12.1 Å². The van der Waals surface area contributed by atoms with E-state index in [2.05, 4.69) is 10.3 Å². The van der Waals surface area contributed by atoms with Gasteiger partial charge in [0.15, 0.2) is 0 Å². The number of nitrogen functional groups attached to an aromatic ring is 1. The number of hydrogen-bond donors (Lipinski definition) is 1. The Labute approximate surface area is 109 Å². The van der Waals surface area contributed by atoms with Crippen LogP contribution in [0.2, 0.25) is 5.02 Å². The third-order valence-electron chi connectivity index (χ3n) is 2.82. The summed E-state index contributed by atoms with van der Waals surface area (Å²) in [5.74, 6) is 0. The Balaban J connectivity index is 2.01. The van der Waals surface area contributed by atoms with Gasteiger partial charge in [-0.2, -0.15) is 0 Å². The number of rotatable bonds is 2. The van der Waals surface area contributed by atoms with E-state index in [1.807, 2.05) is 41.1 Å². The second-order valence-electron chi connectivity index (χ2n) is 4.09. The summed E-state index contributed by atoms with van der Waals surface area (Å²) in [6, 6.07) is 13.3. The number of anilines is 1. The predicted molar refractivity (Wildman–Crippen MR) is 72.5 cm³/mol. The average molecular weight is 259 g/mol. The fraction of sp³-hybridized carbons (Fsp3) is 0.0769. The molecule has 1 heterocycles. The van der Waals surface area contributed by atoms with Gasteiger partial charge in [-0.25, -0.2) is 4.68 Å². The van der Waals surface area contributed by atoms with E-state index < -0.39 is 0 Å². The van der Waals surface area contributed by atoms with E-state index in [0.29, 0.717) is 17.3 Å². The van der Waals surface area contributed by atoms with Crippen LogP contribution >= 0.6 is 11.6 Å². The molecule has 0 bridgehead atoms. The standard InChI is InChI=1S/C13H11ClN4/c14-11-7-10(15)6-5-9(11)8-18-13-4-2-1-3-12(13)16-17-18/h1-7H,8,15H2. The quantitative estimate of drug-likeness (QED) is 0.719. The summed E-state index contributed by atoms with van der Waals surface area (Å²) in [6.45, 7) is 0.583. The highest BCUT2D eigenvalue weighted by molar-refractivity contribution is 6.31. The van der Waals surface area contributed by atoms with Crippen LogP contribution in [-0.4, -0.2) is 15.0 Å². The van der Waals surface area contributed by atoms with Gasteiger partial charge in [-0.15, -0.1) is 5.10 Å². The third-order valence-corrected chi connectivity index (χ3v) is 3.17. The molecule has 4 nitrogen and oxygen atoms in total.